The van der Waals surface area contributed by atoms with Gasteiger partial charge in [-0.25, -0.2) is 0 Å². The van der Waals surface area contributed by atoms with Gasteiger partial charge in [-0.15, -0.1) is 0 Å². The molecule has 0 aromatic carbocycles. The molecule has 0 bridgehead atoms. The fraction of sp³-hybridized carbons (Fsp3) is 0.571. The van der Waals surface area contributed by atoms with Crippen molar-refractivity contribution in [3.8, 4) is 0 Å². The number of allylic oxidation sites excluding steroid dienone is 2. The van der Waals surface area contributed by atoms with Crippen molar-refractivity contribution in [2.45, 2.75) is 20.8 Å². The maximum atomic E-state index is 9.72. The summed E-state index contributed by atoms with van der Waals surface area (Å²) in [4.78, 5) is 9.72. The van der Waals surface area contributed by atoms with Gasteiger partial charge in [0, 0.05) is 0 Å². The minimum Gasteiger partial charge on any atom is -0.286 e. The molecule has 45 valence electrons. The average Bonchev–Trinajstić information content (AvgIpc) is 1.67. The van der Waals surface area contributed by atoms with Crippen molar-refractivity contribution < 1.29 is 4.79 Å². The number of hydrogen-bond acceptors (Lipinski definition) is 1. The lowest BCUT2D eigenvalue weighted by molar-refractivity contribution is 0.563. The minimum atomic E-state index is 0.469. The lowest BCUT2D eigenvalue weighted by Gasteiger charge is -1.99. The molecule has 1 nitrogen and oxygen atoms in total. The molecule has 8 heavy (non-hydrogen) atoms. The zero-order valence-electron chi connectivity index (χ0n) is 5.56. The van der Waals surface area contributed by atoms with Gasteiger partial charge in [0.05, 0.1) is 0 Å². The molecule has 0 aliphatic rings. The van der Waals surface area contributed by atoms with E-state index in [4.69, 9.17) is 0 Å². The van der Waals surface area contributed by atoms with Crippen LogP contribution in [-0.4, -0.2) is 6.29 Å². The summed E-state index contributed by atoms with van der Waals surface area (Å²) < 4.78 is 0. The summed E-state index contributed by atoms with van der Waals surface area (Å²) in [6, 6.07) is 0. The SMILES string of the molecule is CC(=C[C]=O)C(C)C. The van der Waals surface area contributed by atoms with Gasteiger partial charge in [-0.3, -0.25) is 4.79 Å². The standard InChI is InChI=1S/C7H11O/c1-6(2)7(3)4-5-8/h4,6H,1-3H3. The fourth-order valence-electron chi connectivity index (χ4n) is 0.260. The van der Waals surface area contributed by atoms with Crippen molar-refractivity contribution >= 4 is 6.29 Å². The highest BCUT2D eigenvalue weighted by Gasteiger charge is 1.92. The summed E-state index contributed by atoms with van der Waals surface area (Å²) in [6.07, 6.45) is 3.21. The molecule has 1 heteroatoms. The first-order valence-corrected chi connectivity index (χ1v) is 2.72. The second-order valence-electron chi connectivity index (χ2n) is 2.16. The van der Waals surface area contributed by atoms with E-state index in [2.05, 4.69) is 0 Å². The molecule has 0 heterocycles. The number of hydrogen-bond donors (Lipinski definition) is 0. The lowest BCUT2D eigenvalue weighted by Crippen LogP contribution is -1.87. The summed E-state index contributed by atoms with van der Waals surface area (Å²) in [7, 11) is 0. The largest absolute Gasteiger partial charge is 0.286 e. The van der Waals surface area contributed by atoms with E-state index in [0.717, 1.165) is 5.57 Å². The maximum absolute atomic E-state index is 9.72. The Bertz CT molecular complexity index is 101. The molecule has 1 radical (unpaired) electrons. The van der Waals surface area contributed by atoms with Crippen LogP contribution in [0.25, 0.3) is 0 Å². The second-order valence-corrected chi connectivity index (χ2v) is 2.16. The quantitative estimate of drug-likeness (QED) is 0.496. The van der Waals surface area contributed by atoms with Gasteiger partial charge in [-0.1, -0.05) is 19.4 Å². The van der Waals surface area contributed by atoms with E-state index in [9.17, 15) is 4.79 Å². The molecule has 0 unspecified atom stereocenters. The topological polar surface area (TPSA) is 17.1 Å². The van der Waals surface area contributed by atoms with E-state index in [-0.39, 0.29) is 0 Å². The van der Waals surface area contributed by atoms with Crippen LogP contribution in [0.5, 0.6) is 0 Å². The second kappa shape index (κ2) is 3.42. The Morgan fingerprint density at radius 1 is 1.62 bits per heavy atom. The third-order valence-electron chi connectivity index (χ3n) is 1.20. The highest BCUT2D eigenvalue weighted by Crippen LogP contribution is 2.05. The average molecular weight is 111 g/mol. The monoisotopic (exact) mass is 111 g/mol. The third-order valence-corrected chi connectivity index (χ3v) is 1.20. The van der Waals surface area contributed by atoms with Crippen molar-refractivity contribution in [1.29, 1.82) is 0 Å². The summed E-state index contributed by atoms with van der Waals surface area (Å²) in [5, 5.41) is 0. The molecule has 0 saturated heterocycles. The van der Waals surface area contributed by atoms with Crippen LogP contribution in [0.15, 0.2) is 11.6 Å². The Hall–Kier alpha value is -0.590. The maximum Gasteiger partial charge on any atom is 0.225 e. The van der Waals surface area contributed by atoms with E-state index in [1.54, 1.807) is 6.29 Å². The van der Waals surface area contributed by atoms with E-state index >= 15 is 0 Å². The first-order valence-electron chi connectivity index (χ1n) is 2.72. The fourth-order valence-corrected chi connectivity index (χ4v) is 0.260. The molecule has 0 N–H and O–H groups in total. The van der Waals surface area contributed by atoms with E-state index in [1.807, 2.05) is 20.8 Å². The van der Waals surface area contributed by atoms with Gasteiger partial charge in [0.15, 0.2) is 0 Å². The van der Waals surface area contributed by atoms with Crippen molar-refractivity contribution in [3.63, 3.8) is 0 Å². The molecule has 0 amide bonds. The lowest BCUT2D eigenvalue weighted by atomic mass is 10.1. The van der Waals surface area contributed by atoms with Gasteiger partial charge in [0.1, 0.15) is 0 Å². The summed E-state index contributed by atoms with van der Waals surface area (Å²) in [6.45, 7) is 6.02. The van der Waals surface area contributed by atoms with Crippen LogP contribution in [-0.2, 0) is 4.79 Å². The van der Waals surface area contributed by atoms with Crippen LogP contribution in [0.1, 0.15) is 20.8 Å². The van der Waals surface area contributed by atoms with Gasteiger partial charge in [0.25, 0.3) is 0 Å². The van der Waals surface area contributed by atoms with Gasteiger partial charge in [-0.2, -0.15) is 0 Å². The molecule has 0 fully saturated rings. The molecule has 0 aliphatic carbocycles. The smallest absolute Gasteiger partial charge is 0.225 e. The van der Waals surface area contributed by atoms with Gasteiger partial charge >= 0.3 is 0 Å². The molecule has 0 atom stereocenters. The van der Waals surface area contributed by atoms with Crippen LogP contribution >= 0.6 is 0 Å². The first kappa shape index (κ1) is 7.41. The molecular weight excluding hydrogens is 100 g/mol. The molecular formula is C7H11O. The van der Waals surface area contributed by atoms with Crippen LogP contribution in [0, 0.1) is 5.92 Å². The van der Waals surface area contributed by atoms with Gasteiger partial charge in [-0.05, 0) is 18.9 Å². The summed E-state index contributed by atoms with van der Waals surface area (Å²) in [5.74, 6) is 0.469. The zero-order chi connectivity index (χ0) is 6.57. The number of rotatable bonds is 2. The van der Waals surface area contributed by atoms with E-state index < -0.39 is 0 Å². The van der Waals surface area contributed by atoms with Crippen LogP contribution in [0.2, 0.25) is 0 Å². The Labute approximate surface area is 50.4 Å². The van der Waals surface area contributed by atoms with Crippen molar-refractivity contribution in [2.24, 2.45) is 5.92 Å². The Balaban J connectivity index is 3.78. The molecule has 0 spiro atoms. The normalized spacial score (nSPS) is 12.2. The van der Waals surface area contributed by atoms with E-state index in [0.29, 0.717) is 5.92 Å². The molecule has 0 aromatic rings. The van der Waals surface area contributed by atoms with Crippen LogP contribution in [0.4, 0.5) is 0 Å². The van der Waals surface area contributed by atoms with Gasteiger partial charge < -0.3 is 0 Å². The van der Waals surface area contributed by atoms with Crippen molar-refractivity contribution in [3.05, 3.63) is 11.6 Å². The number of carbonyl (C=O) groups excluding carboxylic acids is 1. The zero-order valence-corrected chi connectivity index (χ0v) is 5.56. The predicted molar refractivity (Wildman–Crippen MR) is 34.3 cm³/mol. The molecule has 0 aromatic heterocycles. The summed E-state index contributed by atoms with van der Waals surface area (Å²) in [5.41, 5.74) is 1.08. The van der Waals surface area contributed by atoms with Crippen molar-refractivity contribution in [1.82, 2.24) is 0 Å². The first-order chi connectivity index (χ1) is 3.68. The Morgan fingerprint density at radius 3 is 2.25 bits per heavy atom. The summed E-state index contributed by atoms with van der Waals surface area (Å²) >= 11 is 0. The highest BCUT2D eigenvalue weighted by molar-refractivity contribution is 5.66. The van der Waals surface area contributed by atoms with Crippen LogP contribution in [0.3, 0.4) is 0 Å². The highest BCUT2D eigenvalue weighted by atomic mass is 16.1. The molecule has 0 saturated carbocycles. The Morgan fingerprint density at radius 2 is 2.12 bits per heavy atom. The van der Waals surface area contributed by atoms with Crippen molar-refractivity contribution in [2.75, 3.05) is 0 Å². The molecule has 0 rings (SSSR count). The van der Waals surface area contributed by atoms with E-state index in [1.165, 1.54) is 6.08 Å². The third kappa shape index (κ3) is 2.56. The van der Waals surface area contributed by atoms with Gasteiger partial charge in [0.2, 0.25) is 6.29 Å². The van der Waals surface area contributed by atoms with Crippen LogP contribution < -0.4 is 0 Å². The predicted octanol–water partition coefficient (Wildman–Crippen LogP) is 1.70. The molecule has 0 aliphatic heterocycles. The minimum absolute atomic E-state index is 0.469. The Kier molecular flexibility index (Phi) is 3.16.